The molecule has 0 aromatic heterocycles. The van der Waals surface area contributed by atoms with Crippen LogP contribution in [0.2, 0.25) is 0 Å². The Hall–Kier alpha value is -1.63. The fourth-order valence-corrected chi connectivity index (χ4v) is 6.96. The van der Waals surface area contributed by atoms with Crippen LogP contribution in [0.4, 0.5) is 0 Å². The summed E-state index contributed by atoms with van der Waals surface area (Å²) in [5, 5.41) is 8.72. The Bertz CT molecular complexity index is 739. The van der Waals surface area contributed by atoms with Crippen molar-refractivity contribution in [3.05, 3.63) is 29.8 Å². The van der Waals surface area contributed by atoms with Gasteiger partial charge in [-0.1, -0.05) is 12.1 Å². The molecule has 6 nitrogen and oxygen atoms in total. The van der Waals surface area contributed by atoms with E-state index in [1.165, 1.54) is 37.7 Å². The average Bonchev–Trinajstić information content (AvgIpc) is 2.78. The van der Waals surface area contributed by atoms with Crippen LogP contribution < -0.4 is 4.74 Å². The van der Waals surface area contributed by atoms with E-state index in [0.29, 0.717) is 23.5 Å². The third-order valence-electron chi connectivity index (χ3n) is 8.30. The van der Waals surface area contributed by atoms with Gasteiger partial charge in [-0.3, -0.25) is 0 Å². The minimum atomic E-state index is -0.964. The molecule has 0 radical (unpaired) electrons. The van der Waals surface area contributed by atoms with Gasteiger partial charge < -0.3 is 14.6 Å². The van der Waals surface area contributed by atoms with E-state index in [9.17, 15) is 4.79 Å². The van der Waals surface area contributed by atoms with Crippen molar-refractivity contribution >= 4 is 5.97 Å². The zero-order valence-corrected chi connectivity index (χ0v) is 18.3. The highest BCUT2D eigenvalue weighted by molar-refractivity contribution is 5.68. The number of methoxy groups -OCH3 is 1. The maximum atomic E-state index is 10.6. The van der Waals surface area contributed by atoms with E-state index in [1.807, 2.05) is 24.3 Å². The lowest BCUT2D eigenvalue weighted by Crippen LogP contribution is -2.60. The van der Waals surface area contributed by atoms with Crippen LogP contribution in [0.3, 0.4) is 0 Å². The largest absolute Gasteiger partial charge is 0.482 e. The highest BCUT2D eigenvalue weighted by Crippen LogP contribution is 2.60. The molecule has 5 fully saturated rings. The summed E-state index contributed by atoms with van der Waals surface area (Å²) in [4.78, 5) is 22.9. The summed E-state index contributed by atoms with van der Waals surface area (Å²) in [6.45, 7) is -0.312. The molecule has 5 aliphatic carbocycles. The molecule has 170 valence electrons. The number of carboxylic acid groups (broad SMARTS) is 1. The van der Waals surface area contributed by atoms with E-state index >= 15 is 0 Å². The van der Waals surface area contributed by atoms with Crippen molar-refractivity contribution in [3.8, 4) is 5.75 Å². The lowest BCUT2D eigenvalue weighted by atomic mass is 9.53. The van der Waals surface area contributed by atoms with Crippen molar-refractivity contribution < 1.29 is 29.1 Å². The third-order valence-corrected chi connectivity index (χ3v) is 8.30. The lowest BCUT2D eigenvalue weighted by Gasteiger charge is -2.58. The first-order valence-electron chi connectivity index (χ1n) is 11.9. The Kier molecular flexibility index (Phi) is 5.97. The lowest BCUT2D eigenvalue weighted by molar-refractivity contribution is -0.485. The second kappa shape index (κ2) is 8.72. The molecular formula is C25H34O6. The molecule has 6 rings (SSSR count). The van der Waals surface area contributed by atoms with Gasteiger partial charge in [0, 0.05) is 18.9 Å². The number of rotatable bonds is 8. The Morgan fingerprint density at radius 3 is 2.13 bits per heavy atom. The molecule has 1 aromatic rings. The van der Waals surface area contributed by atoms with Crippen molar-refractivity contribution in [1.29, 1.82) is 0 Å². The van der Waals surface area contributed by atoms with Gasteiger partial charge in [0.15, 0.2) is 6.61 Å². The van der Waals surface area contributed by atoms with Crippen molar-refractivity contribution in [3.63, 3.8) is 0 Å². The van der Waals surface area contributed by atoms with Crippen LogP contribution in [0.5, 0.6) is 5.75 Å². The Labute approximate surface area is 184 Å². The topological polar surface area (TPSA) is 74.2 Å². The molecule has 31 heavy (non-hydrogen) atoms. The number of aliphatic carboxylic acids is 1. The van der Waals surface area contributed by atoms with Crippen LogP contribution in [-0.2, 0) is 19.3 Å². The van der Waals surface area contributed by atoms with Gasteiger partial charge in [-0.25, -0.2) is 14.6 Å². The number of hydrogen-bond donors (Lipinski definition) is 1. The molecule has 4 bridgehead atoms. The van der Waals surface area contributed by atoms with Crippen molar-refractivity contribution in [2.24, 2.45) is 23.7 Å². The minimum Gasteiger partial charge on any atom is -0.482 e. The number of ether oxygens (including phenoxy) is 2. The predicted molar refractivity (Wildman–Crippen MR) is 114 cm³/mol. The molecule has 0 amide bonds. The van der Waals surface area contributed by atoms with Gasteiger partial charge in [-0.15, -0.1) is 0 Å². The van der Waals surface area contributed by atoms with Gasteiger partial charge >= 0.3 is 5.97 Å². The molecule has 0 atom stereocenters. The van der Waals surface area contributed by atoms with Gasteiger partial charge in [-0.05, 0) is 93.2 Å². The second-order valence-electron chi connectivity index (χ2n) is 10.1. The van der Waals surface area contributed by atoms with Crippen LogP contribution in [-0.4, -0.2) is 36.7 Å². The summed E-state index contributed by atoms with van der Waals surface area (Å²) in [6.07, 6.45) is 10.5. The van der Waals surface area contributed by atoms with Crippen LogP contribution >= 0.6 is 0 Å². The summed E-state index contributed by atoms with van der Waals surface area (Å²) in [5.41, 5.74) is 1.27. The number of carbonyl (C=O) groups is 1. The van der Waals surface area contributed by atoms with E-state index in [-0.39, 0.29) is 12.7 Å². The fourth-order valence-electron chi connectivity index (χ4n) is 6.96. The molecule has 0 aliphatic heterocycles. The van der Waals surface area contributed by atoms with Crippen molar-refractivity contribution in [2.45, 2.75) is 75.6 Å². The van der Waals surface area contributed by atoms with Crippen LogP contribution in [0.1, 0.15) is 69.3 Å². The first kappa shape index (κ1) is 21.2. The van der Waals surface area contributed by atoms with Crippen molar-refractivity contribution in [2.75, 3.05) is 13.7 Å². The Morgan fingerprint density at radius 2 is 1.58 bits per heavy atom. The van der Waals surface area contributed by atoms with Crippen molar-refractivity contribution in [1.82, 2.24) is 0 Å². The molecular weight excluding hydrogens is 396 g/mol. The van der Waals surface area contributed by atoms with E-state index in [4.69, 9.17) is 24.4 Å². The highest BCUT2D eigenvalue weighted by atomic mass is 17.2. The van der Waals surface area contributed by atoms with E-state index in [1.54, 1.807) is 7.11 Å². The third kappa shape index (κ3) is 4.22. The zero-order valence-electron chi connectivity index (χ0n) is 18.3. The highest BCUT2D eigenvalue weighted by Gasteiger charge is 2.60. The molecule has 0 spiro atoms. The molecule has 1 N–H and O–H groups in total. The quantitative estimate of drug-likeness (QED) is 0.358. The summed E-state index contributed by atoms with van der Waals surface area (Å²) >= 11 is 0. The molecule has 5 aliphatic rings. The molecule has 5 saturated carbocycles. The molecule has 0 heterocycles. The van der Waals surface area contributed by atoms with Gasteiger partial charge in [0.1, 0.15) is 5.75 Å². The summed E-state index contributed by atoms with van der Waals surface area (Å²) in [5.74, 6) is 2.28. The standard InChI is InChI=1S/C25H34O6/c1-28-25(20-11-16-10-17(13-20)14-21(25)12-16)31-30-23-8-4-19(5-9-23)18-2-6-22(7-3-18)29-15-24(26)27/h2-3,6-7,16-17,19-21,23H,4-5,8-15H2,1H3,(H,26,27)/t16?,17?,19-,20?,21?,23+,25?. The van der Waals surface area contributed by atoms with Crippen LogP contribution in [0.25, 0.3) is 0 Å². The Morgan fingerprint density at radius 1 is 0.968 bits per heavy atom. The smallest absolute Gasteiger partial charge is 0.341 e. The monoisotopic (exact) mass is 430 g/mol. The first-order valence-corrected chi connectivity index (χ1v) is 11.9. The number of carboxylic acids is 1. The molecule has 0 saturated heterocycles. The van der Waals surface area contributed by atoms with E-state index < -0.39 is 11.8 Å². The second-order valence-corrected chi connectivity index (χ2v) is 10.1. The van der Waals surface area contributed by atoms with Gasteiger partial charge in [0.2, 0.25) is 5.79 Å². The zero-order chi connectivity index (χ0) is 21.4. The summed E-state index contributed by atoms with van der Waals surface area (Å²) < 4.78 is 11.3. The number of benzene rings is 1. The van der Waals surface area contributed by atoms with Crippen LogP contribution in [0, 0.1) is 23.7 Å². The SMILES string of the molecule is COC1(OO[C@H]2CC[C@@H](c3ccc(OCC(=O)O)cc3)CC2)C2CC3CC(C2)CC1C3. The molecule has 1 aromatic carbocycles. The molecule has 0 unspecified atom stereocenters. The number of hydrogen-bond acceptors (Lipinski definition) is 5. The van der Waals surface area contributed by atoms with Crippen LogP contribution in [0.15, 0.2) is 24.3 Å². The van der Waals surface area contributed by atoms with Gasteiger partial charge in [-0.2, -0.15) is 0 Å². The normalized spacial score (nSPS) is 38.9. The Balaban J connectivity index is 1.12. The predicted octanol–water partition coefficient (Wildman–Crippen LogP) is 4.92. The first-order chi connectivity index (χ1) is 15.1. The van der Waals surface area contributed by atoms with Gasteiger partial charge in [0.05, 0.1) is 6.10 Å². The minimum absolute atomic E-state index is 0.124. The maximum absolute atomic E-state index is 10.6. The van der Waals surface area contributed by atoms with Gasteiger partial charge in [0.25, 0.3) is 0 Å². The average molecular weight is 431 g/mol. The van der Waals surface area contributed by atoms with E-state index in [0.717, 1.165) is 37.5 Å². The fraction of sp³-hybridized carbons (Fsp3) is 0.720. The summed E-state index contributed by atoms with van der Waals surface area (Å²) in [6, 6.07) is 7.82. The maximum Gasteiger partial charge on any atom is 0.341 e. The molecule has 6 heteroatoms. The van der Waals surface area contributed by atoms with E-state index in [2.05, 4.69) is 0 Å². The summed E-state index contributed by atoms with van der Waals surface area (Å²) in [7, 11) is 1.80.